The first-order chi connectivity index (χ1) is 17.1. The Morgan fingerprint density at radius 1 is 1.11 bits per heavy atom. The van der Waals surface area contributed by atoms with Crippen molar-refractivity contribution in [2.75, 3.05) is 23.9 Å². The Morgan fingerprint density at radius 3 is 2.47 bits per heavy atom. The Hall–Kier alpha value is -3.73. The summed E-state index contributed by atoms with van der Waals surface area (Å²) in [5, 5.41) is 17.1. The van der Waals surface area contributed by atoms with Gasteiger partial charge in [-0.05, 0) is 60.0 Å². The van der Waals surface area contributed by atoms with Crippen molar-refractivity contribution in [3.63, 3.8) is 0 Å². The van der Waals surface area contributed by atoms with Crippen LogP contribution in [0.1, 0.15) is 16.8 Å². The van der Waals surface area contributed by atoms with E-state index in [1.54, 1.807) is 30.3 Å². The molecule has 4 N–H and O–H groups in total. The van der Waals surface area contributed by atoms with Crippen molar-refractivity contribution in [2.24, 2.45) is 0 Å². The SMILES string of the molecule is CSCCC(NC(=O)c1ccc(NC(=O)C2=C(C(F)(F)F)C=CNC2)cc1-c1ccccc1)C(=O)O. The molecule has 0 radical (unpaired) electrons. The summed E-state index contributed by atoms with van der Waals surface area (Å²) in [7, 11) is 0. The fraction of sp³-hybridized carbons (Fsp3) is 0.240. The highest BCUT2D eigenvalue weighted by molar-refractivity contribution is 7.98. The van der Waals surface area contributed by atoms with Crippen molar-refractivity contribution < 1.29 is 32.7 Å². The normalized spacial score (nSPS) is 14.1. The number of hydrogen-bond acceptors (Lipinski definition) is 5. The van der Waals surface area contributed by atoms with E-state index in [1.165, 1.54) is 30.0 Å². The van der Waals surface area contributed by atoms with Gasteiger partial charge in [0.1, 0.15) is 6.04 Å². The largest absolute Gasteiger partial charge is 0.480 e. The van der Waals surface area contributed by atoms with Gasteiger partial charge in [-0.3, -0.25) is 9.59 Å². The van der Waals surface area contributed by atoms with Crippen LogP contribution in [0.3, 0.4) is 0 Å². The molecule has 3 rings (SSSR count). The third-order valence-corrected chi connectivity index (χ3v) is 6.02. The maximum atomic E-state index is 13.4. The van der Waals surface area contributed by atoms with Crippen molar-refractivity contribution in [1.29, 1.82) is 0 Å². The number of carbonyl (C=O) groups excluding carboxylic acids is 2. The molecule has 1 aliphatic rings. The predicted octanol–water partition coefficient (Wildman–Crippen LogP) is 4.20. The summed E-state index contributed by atoms with van der Waals surface area (Å²) in [5.74, 6) is -2.18. The third-order valence-electron chi connectivity index (χ3n) is 5.37. The number of rotatable bonds is 9. The second kappa shape index (κ2) is 11.8. The van der Waals surface area contributed by atoms with E-state index in [0.29, 0.717) is 16.9 Å². The van der Waals surface area contributed by atoms with Crippen LogP contribution < -0.4 is 16.0 Å². The molecule has 190 valence electrons. The quantitative estimate of drug-likeness (QED) is 0.396. The zero-order valence-corrected chi connectivity index (χ0v) is 20.0. The molecule has 0 bridgehead atoms. The smallest absolute Gasteiger partial charge is 0.416 e. The number of dihydropyridines is 1. The van der Waals surface area contributed by atoms with Crippen LogP contribution in [-0.2, 0) is 9.59 Å². The van der Waals surface area contributed by atoms with Crippen molar-refractivity contribution in [3.05, 3.63) is 77.5 Å². The summed E-state index contributed by atoms with van der Waals surface area (Å²) in [6.07, 6.45) is -0.703. The number of halogens is 3. The second-order valence-electron chi connectivity index (χ2n) is 7.83. The van der Waals surface area contributed by atoms with Gasteiger partial charge in [0.05, 0.1) is 5.57 Å². The molecule has 2 amide bonds. The molecule has 2 aromatic rings. The molecule has 1 aliphatic heterocycles. The van der Waals surface area contributed by atoms with Crippen molar-refractivity contribution >= 4 is 35.2 Å². The lowest BCUT2D eigenvalue weighted by atomic mass is 9.97. The topological polar surface area (TPSA) is 108 Å². The summed E-state index contributed by atoms with van der Waals surface area (Å²) >= 11 is 1.45. The Kier molecular flexibility index (Phi) is 8.81. The summed E-state index contributed by atoms with van der Waals surface area (Å²) in [4.78, 5) is 37.3. The Balaban J connectivity index is 1.94. The van der Waals surface area contributed by atoms with Crippen LogP contribution in [0.2, 0.25) is 0 Å². The highest BCUT2D eigenvalue weighted by Gasteiger charge is 2.37. The molecule has 0 fully saturated rings. The van der Waals surface area contributed by atoms with Crippen molar-refractivity contribution in [2.45, 2.75) is 18.6 Å². The van der Waals surface area contributed by atoms with Gasteiger partial charge in [-0.15, -0.1) is 0 Å². The van der Waals surface area contributed by atoms with E-state index in [2.05, 4.69) is 16.0 Å². The molecule has 1 atom stereocenters. The molecule has 1 heterocycles. The molecule has 11 heteroatoms. The molecular formula is C25H24F3N3O4S. The van der Waals surface area contributed by atoms with E-state index >= 15 is 0 Å². The van der Waals surface area contributed by atoms with Crippen LogP contribution >= 0.6 is 11.8 Å². The molecule has 0 aromatic heterocycles. The van der Waals surface area contributed by atoms with Crippen LogP contribution in [0.15, 0.2) is 72.0 Å². The Bertz CT molecular complexity index is 1200. The minimum Gasteiger partial charge on any atom is -0.480 e. The maximum Gasteiger partial charge on any atom is 0.416 e. The van der Waals surface area contributed by atoms with Gasteiger partial charge < -0.3 is 21.1 Å². The van der Waals surface area contributed by atoms with Crippen molar-refractivity contribution in [3.8, 4) is 11.1 Å². The number of amides is 2. The molecule has 36 heavy (non-hydrogen) atoms. The van der Waals surface area contributed by atoms with Gasteiger partial charge in [0.2, 0.25) is 0 Å². The summed E-state index contributed by atoms with van der Waals surface area (Å²) in [6, 6.07) is 11.9. The van der Waals surface area contributed by atoms with E-state index in [0.717, 1.165) is 12.3 Å². The zero-order valence-electron chi connectivity index (χ0n) is 19.2. The van der Waals surface area contributed by atoms with Crippen LogP contribution in [0.4, 0.5) is 18.9 Å². The van der Waals surface area contributed by atoms with Crippen LogP contribution in [0, 0.1) is 0 Å². The number of allylic oxidation sites excluding steroid dienone is 2. The first-order valence-corrected chi connectivity index (χ1v) is 12.2. The lowest BCUT2D eigenvalue weighted by Gasteiger charge is -2.20. The monoisotopic (exact) mass is 519 g/mol. The van der Waals surface area contributed by atoms with Gasteiger partial charge in [0.25, 0.3) is 11.8 Å². The van der Waals surface area contributed by atoms with E-state index in [4.69, 9.17) is 0 Å². The van der Waals surface area contributed by atoms with E-state index in [-0.39, 0.29) is 24.2 Å². The van der Waals surface area contributed by atoms with Gasteiger partial charge in [0.15, 0.2) is 0 Å². The fourth-order valence-electron chi connectivity index (χ4n) is 3.58. The average molecular weight is 520 g/mol. The predicted molar refractivity (Wildman–Crippen MR) is 133 cm³/mol. The molecule has 0 saturated carbocycles. The molecule has 7 nitrogen and oxygen atoms in total. The molecule has 1 unspecified atom stereocenters. The number of benzene rings is 2. The highest BCUT2D eigenvalue weighted by atomic mass is 32.2. The van der Waals surface area contributed by atoms with Gasteiger partial charge in [-0.1, -0.05) is 30.3 Å². The number of alkyl halides is 3. The summed E-state index contributed by atoms with van der Waals surface area (Å²) < 4.78 is 40.1. The van der Waals surface area contributed by atoms with Gasteiger partial charge in [0, 0.05) is 23.4 Å². The lowest BCUT2D eigenvalue weighted by molar-refractivity contribution is -0.139. The van der Waals surface area contributed by atoms with Crippen LogP contribution in [0.5, 0.6) is 0 Å². The maximum absolute atomic E-state index is 13.4. The number of nitrogens with one attached hydrogen (secondary N) is 3. The van der Waals surface area contributed by atoms with E-state index in [1.807, 2.05) is 6.26 Å². The summed E-state index contributed by atoms with van der Waals surface area (Å²) in [6.45, 7) is -0.296. The molecule has 0 aliphatic carbocycles. The molecule has 0 spiro atoms. The lowest BCUT2D eigenvalue weighted by Crippen LogP contribution is -2.41. The number of carbonyl (C=O) groups is 3. The highest BCUT2D eigenvalue weighted by Crippen LogP contribution is 2.32. The number of carboxylic acid groups (broad SMARTS) is 1. The average Bonchev–Trinajstić information content (AvgIpc) is 2.86. The first kappa shape index (κ1) is 26.9. The third kappa shape index (κ3) is 6.69. The molecule has 0 saturated heterocycles. The number of thioether (sulfide) groups is 1. The first-order valence-electron chi connectivity index (χ1n) is 10.9. The standard InChI is InChI=1S/C25H24F3N3O4S/c1-36-12-10-21(24(34)35)31-22(32)17-8-7-16(13-18(17)15-5-3-2-4-6-15)30-23(33)19-14-29-11-9-20(19)25(26,27)28/h2-9,11,13,21,29H,10,12,14H2,1H3,(H,30,33)(H,31,32)(H,34,35). The summed E-state index contributed by atoms with van der Waals surface area (Å²) in [5.41, 5.74) is -0.184. The minimum atomic E-state index is -4.70. The molecule has 2 aromatic carbocycles. The Morgan fingerprint density at radius 2 is 1.83 bits per heavy atom. The Labute approximate surface area is 209 Å². The van der Waals surface area contributed by atoms with Gasteiger partial charge in [-0.25, -0.2) is 4.79 Å². The van der Waals surface area contributed by atoms with Gasteiger partial charge >= 0.3 is 12.1 Å². The van der Waals surface area contributed by atoms with E-state index < -0.39 is 41.1 Å². The minimum absolute atomic E-state index is 0.159. The van der Waals surface area contributed by atoms with Crippen LogP contribution in [0.25, 0.3) is 11.1 Å². The molecular weight excluding hydrogens is 495 g/mol. The fourth-order valence-corrected chi connectivity index (χ4v) is 4.05. The second-order valence-corrected chi connectivity index (χ2v) is 8.82. The zero-order chi connectivity index (χ0) is 26.3. The van der Waals surface area contributed by atoms with Gasteiger partial charge in [-0.2, -0.15) is 24.9 Å². The van der Waals surface area contributed by atoms with E-state index in [9.17, 15) is 32.7 Å². The number of carboxylic acids is 1. The number of aliphatic carboxylic acids is 1. The van der Waals surface area contributed by atoms with Crippen LogP contribution in [-0.4, -0.2) is 53.7 Å². The van der Waals surface area contributed by atoms with Crippen molar-refractivity contribution in [1.82, 2.24) is 10.6 Å². The number of hydrogen-bond donors (Lipinski definition) is 4. The number of anilines is 1.